The zero-order valence-electron chi connectivity index (χ0n) is 11.8. The minimum Gasteiger partial charge on any atom is -0.339 e. The number of halogens is 1. The molecule has 0 saturated heterocycles. The van der Waals surface area contributed by atoms with Gasteiger partial charge in [0.25, 0.3) is 5.91 Å². The molecule has 1 aromatic carbocycles. The lowest BCUT2D eigenvalue weighted by atomic mass is 10.0. The van der Waals surface area contributed by atoms with E-state index in [9.17, 15) is 4.79 Å². The van der Waals surface area contributed by atoms with E-state index >= 15 is 0 Å². The van der Waals surface area contributed by atoms with E-state index < -0.39 is 0 Å². The number of carbonyl (C=O) groups excluding carboxylic acids is 1. The topological polar surface area (TPSA) is 20.3 Å². The lowest BCUT2D eigenvalue weighted by Gasteiger charge is -2.27. The van der Waals surface area contributed by atoms with Gasteiger partial charge in [-0.1, -0.05) is 35.8 Å². The van der Waals surface area contributed by atoms with Crippen molar-refractivity contribution < 1.29 is 4.79 Å². The maximum Gasteiger partial charge on any atom is 0.254 e. The van der Waals surface area contributed by atoms with Crippen LogP contribution in [0.4, 0.5) is 0 Å². The molecule has 1 atom stereocenters. The molecular weight excluding hydrogens is 290 g/mol. The third kappa shape index (κ3) is 3.58. The molecule has 1 aromatic rings. The van der Waals surface area contributed by atoms with Crippen molar-refractivity contribution in [3.05, 3.63) is 33.8 Å². The Morgan fingerprint density at radius 1 is 1.33 bits per heavy atom. The van der Waals surface area contributed by atoms with E-state index in [0.717, 1.165) is 22.0 Å². The van der Waals surface area contributed by atoms with E-state index in [1.165, 1.54) is 0 Å². The molecule has 0 fully saturated rings. The Hall–Kier alpha value is -0.830. The van der Waals surface area contributed by atoms with Crippen LogP contribution in [0.15, 0.2) is 22.7 Å². The summed E-state index contributed by atoms with van der Waals surface area (Å²) >= 11 is 3.47. The van der Waals surface area contributed by atoms with Gasteiger partial charge in [0.15, 0.2) is 0 Å². The van der Waals surface area contributed by atoms with Crippen molar-refractivity contribution in [2.75, 3.05) is 7.05 Å². The first kappa shape index (κ1) is 15.2. The van der Waals surface area contributed by atoms with Crippen molar-refractivity contribution >= 4 is 21.8 Å². The Morgan fingerprint density at radius 2 is 1.94 bits per heavy atom. The first-order valence-corrected chi connectivity index (χ1v) is 7.16. The second kappa shape index (κ2) is 6.37. The van der Waals surface area contributed by atoms with Gasteiger partial charge in [-0.2, -0.15) is 0 Å². The van der Waals surface area contributed by atoms with Crippen LogP contribution in [0, 0.1) is 12.8 Å². The fraction of sp³-hybridized carbons (Fsp3) is 0.533. The van der Waals surface area contributed by atoms with E-state index in [1.807, 2.05) is 37.1 Å². The van der Waals surface area contributed by atoms with Crippen LogP contribution in [0.25, 0.3) is 0 Å². The van der Waals surface area contributed by atoms with Gasteiger partial charge >= 0.3 is 0 Å². The standard InChI is InChI=1S/C15H22BrNO/c1-10(2)9-11(3)17(5)15(18)13-7-6-8-14(16)12(13)4/h6-8,10-11H,9H2,1-5H3. The van der Waals surface area contributed by atoms with Crippen LogP contribution in [-0.4, -0.2) is 23.9 Å². The highest BCUT2D eigenvalue weighted by Crippen LogP contribution is 2.21. The highest BCUT2D eigenvalue weighted by Gasteiger charge is 2.20. The summed E-state index contributed by atoms with van der Waals surface area (Å²) in [6.45, 7) is 8.43. The molecule has 0 N–H and O–H groups in total. The summed E-state index contributed by atoms with van der Waals surface area (Å²) in [6.07, 6.45) is 1.02. The summed E-state index contributed by atoms with van der Waals surface area (Å²) < 4.78 is 0.985. The molecule has 18 heavy (non-hydrogen) atoms. The van der Waals surface area contributed by atoms with Crippen molar-refractivity contribution in [3.8, 4) is 0 Å². The van der Waals surface area contributed by atoms with E-state index in [0.29, 0.717) is 5.92 Å². The minimum atomic E-state index is 0.0990. The van der Waals surface area contributed by atoms with Crippen LogP contribution in [0.5, 0.6) is 0 Å². The van der Waals surface area contributed by atoms with Crippen LogP contribution in [-0.2, 0) is 0 Å². The van der Waals surface area contributed by atoms with Crippen molar-refractivity contribution in [2.24, 2.45) is 5.92 Å². The number of hydrogen-bond donors (Lipinski definition) is 0. The highest BCUT2D eigenvalue weighted by atomic mass is 79.9. The van der Waals surface area contributed by atoms with Gasteiger partial charge in [0.05, 0.1) is 0 Å². The minimum absolute atomic E-state index is 0.0990. The third-order valence-electron chi connectivity index (χ3n) is 3.29. The Morgan fingerprint density at radius 3 is 2.50 bits per heavy atom. The second-order valence-electron chi connectivity index (χ2n) is 5.31. The Labute approximate surface area is 119 Å². The van der Waals surface area contributed by atoms with Gasteiger partial charge in [-0.05, 0) is 43.9 Å². The largest absolute Gasteiger partial charge is 0.339 e. The molecule has 1 unspecified atom stereocenters. The Kier molecular flexibility index (Phi) is 5.39. The smallest absolute Gasteiger partial charge is 0.254 e. The number of benzene rings is 1. The predicted octanol–water partition coefficient (Wildman–Crippen LogP) is 4.26. The number of nitrogens with zero attached hydrogens (tertiary/aromatic N) is 1. The van der Waals surface area contributed by atoms with Crippen LogP contribution in [0.1, 0.15) is 43.1 Å². The Bertz CT molecular complexity index is 429. The zero-order valence-corrected chi connectivity index (χ0v) is 13.4. The highest BCUT2D eigenvalue weighted by molar-refractivity contribution is 9.10. The number of rotatable bonds is 4. The fourth-order valence-electron chi connectivity index (χ4n) is 2.07. The molecule has 0 saturated carbocycles. The lowest BCUT2D eigenvalue weighted by Crippen LogP contribution is -2.36. The number of amides is 1. The maximum atomic E-state index is 12.4. The van der Waals surface area contributed by atoms with Crippen molar-refractivity contribution in [1.29, 1.82) is 0 Å². The molecule has 0 heterocycles. The van der Waals surface area contributed by atoms with Crippen molar-refractivity contribution in [1.82, 2.24) is 4.90 Å². The monoisotopic (exact) mass is 311 g/mol. The number of carbonyl (C=O) groups is 1. The average Bonchev–Trinajstić information content (AvgIpc) is 2.30. The molecule has 1 rings (SSSR count). The molecule has 0 radical (unpaired) electrons. The molecule has 0 spiro atoms. The normalized spacial score (nSPS) is 12.6. The first-order valence-electron chi connectivity index (χ1n) is 6.36. The van der Waals surface area contributed by atoms with Gasteiger partial charge in [-0.15, -0.1) is 0 Å². The first-order chi connectivity index (χ1) is 8.34. The Balaban J connectivity index is 2.90. The lowest BCUT2D eigenvalue weighted by molar-refractivity contribution is 0.0727. The molecule has 0 aliphatic carbocycles. The molecule has 0 aliphatic rings. The molecule has 2 nitrogen and oxygen atoms in total. The third-order valence-corrected chi connectivity index (χ3v) is 4.15. The van der Waals surface area contributed by atoms with Crippen LogP contribution < -0.4 is 0 Å². The summed E-state index contributed by atoms with van der Waals surface area (Å²) in [4.78, 5) is 14.3. The fourth-order valence-corrected chi connectivity index (χ4v) is 2.44. The van der Waals surface area contributed by atoms with E-state index in [1.54, 1.807) is 0 Å². The second-order valence-corrected chi connectivity index (χ2v) is 6.16. The van der Waals surface area contributed by atoms with Crippen molar-refractivity contribution in [3.63, 3.8) is 0 Å². The molecule has 0 aromatic heterocycles. The maximum absolute atomic E-state index is 12.4. The molecule has 3 heteroatoms. The van der Waals surface area contributed by atoms with E-state index in [2.05, 4.69) is 36.7 Å². The van der Waals surface area contributed by atoms with Gasteiger partial charge in [-0.25, -0.2) is 0 Å². The quantitative estimate of drug-likeness (QED) is 0.813. The van der Waals surface area contributed by atoms with Gasteiger partial charge in [0.2, 0.25) is 0 Å². The van der Waals surface area contributed by atoms with Crippen LogP contribution in [0.2, 0.25) is 0 Å². The average molecular weight is 312 g/mol. The zero-order chi connectivity index (χ0) is 13.9. The summed E-state index contributed by atoms with van der Waals surface area (Å²) in [5.74, 6) is 0.695. The summed E-state index contributed by atoms with van der Waals surface area (Å²) in [6, 6.07) is 6.02. The molecule has 100 valence electrons. The van der Waals surface area contributed by atoms with Crippen LogP contribution in [0.3, 0.4) is 0 Å². The molecule has 0 bridgehead atoms. The van der Waals surface area contributed by atoms with E-state index in [4.69, 9.17) is 0 Å². The summed E-state index contributed by atoms with van der Waals surface area (Å²) in [5.41, 5.74) is 1.79. The molecular formula is C15H22BrNO. The number of hydrogen-bond acceptors (Lipinski definition) is 1. The van der Waals surface area contributed by atoms with Gasteiger partial charge < -0.3 is 4.90 Å². The summed E-state index contributed by atoms with van der Waals surface area (Å²) in [7, 11) is 1.88. The van der Waals surface area contributed by atoms with E-state index in [-0.39, 0.29) is 11.9 Å². The molecule has 1 amide bonds. The summed E-state index contributed by atoms with van der Waals surface area (Å²) in [5, 5.41) is 0. The predicted molar refractivity (Wildman–Crippen MR) is 79.9 cm³/mol. The van der Waals surface area contributed by atoms with Gasteiger partial charge in [-0.3, -0.25) is 4.79 Å². The SMILES string of the molecule is Cc1c(Br)cccc1C(=O)N(C)C(C)CC(C)C. The van der Waals surface area contributed by atoms with Crippen molar-refractivity contribution in [2.45, 2.75) is 40.2 Å². The van der Waals surface area contributed by atoms with Crippen LogP contribution >= 0.6 is 15.9 Å². The van der Waals surface area contributed by atoms with Gasteiger partial charge in [0.1, 0.15) is 0 Å². The molecule has 0 aliphatic heterocycles. The van der Waals surface area contributed by atoms with Gasteiger partial charge in [0, 0.05) is 23.1 Å².